The molecule has 0 amide bonds. The zero-order chi connectivity index (χ0) is 15.6. The van der Waals surface area contributed by atoms with Crippen molar-refractivity contribution in [2.24, 2.45) is 0 Å². The fourth-order valence-electron chi connectivity index (χ4n) is 2.39. The van der Waals surface area contributed by atoms with Gasteiger partial charge in [0.1, 0.15) is 5.82 Å². The van der Waals surface area contributed by atoms with Crippen molar-refractivity contribution in [3.05, 3.63) is 39.5 Å². The van der Waals surface area contributed by atoms with Gasteiger partial charge in [0.2, 0.25) is 0 Å². The molecular formula is C16H19Cl2N3. The molecule has 3 nitrogen and oxygen atoms in total. The lowest BCUT2D eigenvalue weighted by Gasteiger charge is -2.16. The second kappa shape index (κ2) is 6.63. The maximum absolute atomic E-state index is 6.07. The molecule has 0 aliphatic carbocycles. The first-order valence-electron chi connectivity index (χ1n) is 7.01. The standard InChI is InChI=1S/C16H19Cl2N3/c1-5-19-16-14(9(2)3)10(4)20-15(21-16)11-6-12(17)8-13(18)7-11/h6-9H,5H2,1-4H3,(H,19,20,21). The molecule has 0 unspecified atom stereocenters. The molecule has 0 saturated heterocycles. The molecule has 0 aliphatic rings. The van der Waals surface area contributed by atoms with Gasteiger partial charge in [0, 0.05) is 33.4 Å². The fourth-order valence-corrected chi connectivity index (χ4v) is 2.91. The van der Waals surface area contributed by atoms with E-state index in [2.05, 4.69) is 36.1 Å². The lowest BCUT2D eigenvalue weighted by atomic mass is 10.0. The van der Waals surface area contributed by atoms with E-state index in [1.807, 2.05) is 19.1 Å². The average Bonchev–Trinajstić information content (AvgIpc) is 2.36. The van der Waals surface area contributed by atoms with E-state index in [0.29, 0.717) is 21.8 Å². The highest BCUT2D eigenvalue weighted by molar-refractivity contribution is 6.35. The normalized spacial score (nSPS) is 11.0. The van der Waals surface area contributed by atoms with Gasteiger partial charge in [0.25, 0.3) is 0 Å². The first-order valence-corrected chi connectivity index (χ1v) is 7.76. The van der Waals surface area contributed by atoms with Crippen molar-refractivity contribution in [3.63, 3.8) is 0 Å². The highest BCUT2D eigenvalue weighted by Gasteiger charge is 2.15. The van der Waals surface area contributed by atoms with Crippen LogP contribution < -0.4 is 5.32 Å². The summed E-state index contributed by atoms with van der Waals surface area (Å²) < 4.78 is 0. The third kappa shape index (κ3) is 3.66. The Bertz CT molecular complexity index is 634. The summed E-state index contributed by atoms with van der Waals surface area (Å²) >= 11 is 12.1. The number of aromatic nitrogens is 2. The maximum Gasteiger partial charge on any atom is 0.161 e. The fraction of sp³-hybridized carbons (Fsp3) is 0.375. The molecule has 2 aromatic rings. The molecule has 0 saturated carbocycles. The molecule has 0 fully saturated rings. The lowest BCUT2D eigenvalue weighted by Crippen LogP contribution is -2.09. The Kier molecular flexibility index (Phi) is 5.07. The number of rotatable bonds is 4. The van der Waals surface area contributed by atoms with E-state index in [9.17, 15) is 0 Å². The van der Waals surface area contributed by atoms with E-state index in [0.717, 1.165) is 29.2 Å². The predicted octanol–water partition coefficient (Wildman–Crippen LogP) is 5.31. The summed E-state index contributed by atoms with van der Waals surface area (Å²) in [6.07, 6.45) is 0. The molecule has 0 aliphatic heterocycles. The Morgan fingerprint density at radius 3 is 2.24 bits per heavy atom. The Morgan fingerprint density at radius 2 is 1.71 bits per heavy atom. The van der Waals surface area contributed by atoms with Crippen molar-refractivity contribution < 1.29 is 0 Å². The van der Waals surface area contributed by atoms with Gasteiger partial charge in [-0.15, -0.1) is 0 Å². The third-order valence-corrected chi connectivity index (χ3v) is 3.61. The van der Waals surface area contributed by atoms with Crippen molar-refractivity contribution in [2.75, 3.05) is 11.9 Å². The van der Waals surface area contributed by atoms with Gasteiger partial charge in [-0.05, 0) is 38.0 Å². The van der Waals surface area contributed by atoms with Crippen LogP contribution in [0.25, 0.3) is 11.4 Å². The van der Waals surface area contributed by atoms with Crippen LogP contribution in [0.1, 0.15) is 37.9 Å². The third-order valence-electron chi connectivity index (χ3n) is 3.18. The van der Waals surface area contributed by atoms with E-state index in [4.69, 9.17) is 23.2 Å². The van der Waals surface area contributed by atoms with Gasteiger partial charge in [-0.2, -0.15) is 0 Å². The molecule has 0 bridgehead atoms. The number of halogens is 2. The summed E-state index contributed by atoms with van der Waals surface area (Å²) in [5, 5.41) is 4.48. The van der Waals surface area contributed by atoms with E-state index in [1.54, 1.807) is 6.07 Å². The maximum atomic E-state index is 6.07. The summed E-state index contributed by atoms with van der Waals surface area (Å²) in [7, 11) is 0. The van der Waals surface area contributed by atoms with E-state index < -0.39 is 0 Å². The molecule has 112 valence electrons. The number of anilines is 1. The van der Waals surface area contributed by atoms with Gasteiger partial charge >= 0.3 is 0 Å². The smallest absolute Gasteiger partial charge is 0.161 e. The largest absolute Gasteiger partial charge is 0.370 e. The van der Waals surface area contributed by atoms with Crippen molar-refractivity contribution in [2.45, 2.75) is 33.6 Å². The van der Waals surface area contributed by atoms with Gasteiger partial charge < -0.3 is 5.32 Å². The van der Waals surface area contributed by atoms with Gasteiger partial charge in [-0.3, -0.25) is 0 Å². The van der Waals surface area contributed by atoms with Gasteiger partial charge in [-0.1, -0.05) is 37.0 Å². The Balaban J connectivity index is 2.60. The van der Waals surface area contributed by atoms with Crippen LogP contribution in [0.5, 0.6) is 0 Å². The number of benzene rings is 1. The number of nitrogens with zero attached hydrogens (tertiary/aromatic N) is 2. The summed E-state index contributed by atoms with van der Waals surface area (Å²) in [5.74, 6) is 1.87. The number of nitrogens with one attached hydrogen (secondary N) is 1. The zero-order valence-corrected chi connectivity index (χ0v) is 14.2. The Hall–Kier alpha value is -1.32. The van der Waals surface area contributed by atoms with Crippen LogP contribution in [-0.2, 0) is 0 Å². The van der Waals surface area contributed by atoms with Crippen LogP contribution in [0.2, 0.25) is 10.0 Å². The summed E-state index contributed by atoms with van der Waals surface area (Å²) in [6.45, 7) is 9.15. The van der Waals surface area contributed by atoms with Crippen LogP contribution in [0.15, 0.2) is 18.2 Å². The molecule has 0 radical (unpaired) electrons. The second-order valence-corrected chi connectivity index (χ2v) is 6.11. The Labute approximate surface area is 135 Å². The first-order chi connectivity index (χ1) is 9.92. The van der Waals surface area contributed by atoms with Crippen molar-refractivity contribution in [3.8, 4) is 11.4 Å². The highest BCUT2D eigenvalue weighted by Crippen LogP contribution is 2.30. The lowest BCUT2D eigenvalue weighted by molar-refractivity contribution is 0.831. The molecule has 0 atom stereocenters. The summed E-state index contributed by atoms with van der Waals surface area (Å²) in [5.41, 5.74) is 2.95. The molecule has 0 spiro atoms. The monoisotopic (exact) mass is 323 g/mol. The summed E-state index contributed by atoms with van der Waals surface area (Å²) in [4.78, 5) is 9.28. The molecule has 2 rings (SSSR count). The molecule has 5 heteroatoms. The van der Waals surface area contributed by atoms with Crippen LogP contribution in [0.3, 0.4) is 0 Å². The van der Waals surface area contributed by atoms with Crippen molar-refractivity contribution >= 4 is 29.0 Å². The molecule has 21 heavy (non-hydrogen) atoms. The van der Waals surface area contributed by atoms with Gasteiger partial charge in [-0.25, -0.2) is 9.97 Å². The minimum absolute atomic E-state index is 0.357. The number of hydrogen-bond donors (Lipinski definition) is 1. The molecular weight excluding hydrogens is 305 g/mol. The molecule has 1 N–H and O–H groups in total. The van der Waals surface area contributed by atoms with Crippen LogP contribution in [0.4, 0.5) is 5.82 Å². The van der Waals surface area contributed by atoms with Crippen LogP contribution in [-0.4, -0.2) is 16.5 Å². The average molecular weight is 324 g/mol. The topological polar surface area (TPSA) is 37.8 Å². The predicted molar refractivity (Wildman–Crippen MR) is 90.5 cm³/mol. The van der Waals surface area contributed by atoms with E-state index in [-0.39, 0.29) is 0 Å². The SMILES string of the molecule is CCNc1nc(-c2cc(Cl)cc(Cl)c2)nc(C)c1C(C)C. The minimum Gasteiger partial charge on any atom is -0.370 e. The van der Waals surface area contributed by atoms with E-state index in [1.165, 1.54) is 0 Å². The van der Waals surface area contributed by atoms with Gasteiger partial charge in [0.05, 0.1) is 0 Å². The highest BCUT2D eigenvalue weighted by atomic mass is 35.5. The first kappa shape index (κ1) is 16.1. The number of aryl methyl sites for hydroxylation is 1. The van der Waals surface area contributed by atoms with Crippen molar-refractivity contribution in [1.82, 2.24) is 9.97 Å². The Morgan fingerprint density at radius 1 is 1.10 bits per heavy atom. The summed E-state index contributed by atoms with van der Waals surface area (Å²) in [6, 6.07) is 5.35. The van der Waals surface area contributed by atoms with Crippen molar-refractivity contribution in [1.29, 1.82) is 0 Å². The second-order valence-electron chi connectivity index (χ2n) is 5.24. The minimum atomic E-state index is 0.357. The quantitative estimate of drug-likeness (QED) is 0.828. The van der Waals surface area contributed by atoms with E-state index >= 15 is 0 Å². The van der Waals surface area contributed by atoms with Crippen LogP contribution in [0, 0.1) is 6.92 Å². The molecule has 1 aromatic heterocycles. The molecule has 1 heterocycles. The van der Waals surface area contributed by atoms with Crippen LogP contribution >= 0.6 is 23.2 Å². The zero-order valence-electron chi connectivity index (χ0n) is 12.7. The number of hydrogen-bond acceptors (Lipinski definition) is 3. The van der Waals surface area contributed by atoms with Gasteiger partial charge in [0.15, 0.2) is 5.82 Å². The molecule has 1 aromatic carbocycles.